The van der Waals surface area contributed by atoms with E-state index in [-0.39, 0.29) is 5.41 Å². The smallest absolute Gasteiger partial charge is 0.0486 e. The first-order valence-corrected chi connectivity index (χ1v) is 6.95. The van der Waals surface area contributed by atoms with Gasteiger partial charge in [-0.25, -0.2) is 0 Å². The van der Waals surface area contributed by atoms with E-state index in [1.807, 2.05) is 0 Å². The van der Waals surface area contributed by atoms with Crippen molar-refractivity contribution in [1.82, 2.24) is 4.98 Å². The number of fused-ring (bicyclic) bond motifs is 1. The lowest BCUT2D eigenvalue weighted by molar-refractivity contribution is 0.457. The predicted molar refractivity (Wildman–Crippen MR) is 77.0 cm³/mol. The Morgan fingerprint density at radius 3 is 2.61 bits per heavy atom. The van der Waals surface area contributed by atoms with Crippen molar-refractivity contribution in [2.24, 2.45) is 5.73 Å². The van der Waals surface area contributed by atoms with Gasteiger partial charge < -0.3 is 10.7 Å². The Kier molecular flexibility index (Phi) is 2.70. The Labute approximate surface area is 109 Å². The lowest BCUT2D eigenvalue weighted by Crippen LogP contribution is -2.31. The molecule has 2 heteroatoms. The molecule has 1 aliphatic rings. The van der Waals surface area contributed by atoms with E-state index in [4.69, 9.17) is 5.73 Å². The number of benzene rings is 1. The van der Waals surface area contributed by atoms with Gasteiger partial charge in [0.05, 0.1) is 0 Å². The number of hydrogen-bond donors (Lipinski definition) is 2. The summed E-state index contributed by atoms with van der Waals surface area (Å²) in [4.78, 5) is 3.46. The maximum atomic E-state index is 6.11. The van der Waals surface area contributed by atoms with Crippen LogP contribution >= 0.6 is 0 Å². The Morgan fingerprint density at radius 1 is 1.22 bits per heavy atom. The van der Waals surface area contributed by atoms with Crippen molar-refractivity contribution in [2.45, 2.75) is 44.9 Å². The fourth-order valence-corrected chi connectivity index (χ4v) is 3.67. The first kappa shape index (κ1) is 11.8. The maximum Gasteiger partial charge on any atom is 0.0486 e. The minimum absolute atomic E-state index is 0.221. The summed E-state index contributed by atoms with van der Waals surface area (Å²) in [6.45, 7) is 5.12. The van der Waals surface area contributed by atoms with E-state index in [1.165, 1.54) is 53.3 Å². The zero-order valence-electron chi connectivity index (χ0n) is 11.3. The van der Waals surface area contributed by atoms with Crippen molar-refractivity contribution >= 4 is 10.9 Å². The molecule has 1 aromatic heterocycles. The topological polar surface area (TPSA) is 41.8 Å². The van der Waals surface area contributed by atoms with Crippen LogP contribution < -0.4 is 5.73 Å². The zero-order valence-corrected chi connectivity index (χ0v) is 11.3. The van der Waals surface area contributed by atoms with E-state index in [1.54, 1.807) is 0 Å². The van der Waals surface area contributed by atoms with Gasteiger partial charge in [-0.2, -0.15) is 0 Å². The van der Waals surface area contributed by atoms with E-state index in [0.29, 0.717) is 0 Å². The second kappa shape index (κ2) is 4.13. The van der Waals surface area contributed by atoms with Crippen LogP contribution in [0.4, 0.5) is 0 Å². The third-order valence-electron chi connectivity index (χ3n) is 4.65. The second-order valence-corrected chi connectivity index (χ2v) is 5.90. The molecule has 0 bridgehead atoms. The van der Waals surface area contributed by atoms with Gasteiger partial charge in [-0.1, -0.05) is 24.5 Å². The first-order valence-electron chi connectivity index (χ1n) is 6.95. The molecule has 1 saturated carbocycles. The largest absolute Gasteiger partial charge is 0.361 e. The Morgan fingerprint density at radius 2 is 1.94 bits per heavy atom. The predicted octanol–water partition coefficient (Wildman–Crippen LogP) is 3.56. The van der Waals surface area contributed by atoms with Crippen molar-refractivity contribution in [3.05, 3.63) is 35.0 Å². The highest BCUT2D eigenvalue weighted by Crippen LogP contribution is 2.43. The summed E-state index contributed by atoms with van der Waals surface area (Å²) < 4.78 is 0. The van der Waals surface area contributed by atoms with Gasteiger partial charge in [-0.15, -0.1) is 0 Å². The van der Waals surface area contributed by atoms with Crippen LogP contribution in [0.3, 0.4) is 0 Å². The highest BCUT2D eigenvalue weighted by atomic mass is 14.7. The van der Waals surface area contributed by atoms with Gasteiger partial charge in [0.1, 0.15) is 0 Å². The summed E-state index contributed by atoms with van der Waals surface area (Å²) in [7, 11) is 0. The number of nitrogens with one attached hydrogen (secondary N) is 1. The molecule has 0 radical (unpaired) electrons. The fourth-order valence-electron chi connectivity index (χ4n) is 3.67. The van der Waals surface area contributed by atoms with Crippen LogP contribution in [0.15, 0.2) is 18.3 Å². The monoisotopic (exact) mass is 242 g/mol. The third-order valence-corrected chi connectivity index (χ3v) is 4.65. The standard InChI is InChI=1S/C16H22N2/c1-11-7-12(2)15-13(8-11)14(9-18-15)16(10-17)5-3-4-6-16/h7-9,18H,3-6,10,17H2,1-2H3. The third kappa shape index (κ3) is 1.59. The number of aromatic nitrogens is 1. The Balaban J connectivity index is 2.23. The highest BCUT2D eigenvalue weighted by molar-refractivity contribution is 5.87. The molecule has 96 valence electrons. The maximum absolute atomic E-state index is 6.11. The number of aromatic amines is 1. The van der Waals surface area contributed by atoms with Crippen LogP contribution in [0.5, 0.6) is 0 Å². The molecule has 0 unspecified atom stereocenters. The Hall–Kier alpha value is -1.28. The van der Waals surface area contributed by atoms with Gasteiger partial charge in [-0.05, 0) is 43.9 Å². The van der Waals surface area contributed by atoms with E-state index in [9.17, 15) is 0 Å². The van der Waals surface area contributed by atoms with E-state index in [0.717, 1.165) is 6.54 Å². The lowest BCUT2D eigenvalue weighted by atomic mass is 9.78. The molecule has 1 aliphatic carbocycles. The molecular formula is C16H22N2. The number of nitrogens with two attached hydrogens (primary N) is 1. The van der Waals surface area contributed by atoms with Crippen molar-refractivity contribution in [2.75, 3.05) is 6.54 Å². The molecule has 0 saturated heterocycles. The molecule has 1 heterocycles. The molecule has 1 fully saturated rings. The molecule has 1 aromatic carbocycles. The molecule has 3 rings (SSSR count). The zero-order chi connectivity index (χ0) is 12.8. The van der Waals surface area contributed by atoms with Gasteiger partial charge in [0.25, 0.3) is 0 Å². The molecule has 18 heavy (non-hydrogen) atoms. The second-order valence-electron chi connectivity index (χ2n) is 5.90. The molecule has 2 aromatic rings. The van der Waals surface area contributed by atoms with Crippen LogP contribution in [-0.2, 0) is 5.41 Å². The molecule has 0 aliphatic heterocycles. The van der Waals surface area contributed by atoms with Gasteiger partial charge in [0, 0.05) is 29.1 Å². The molecule has 3 N–H and O–H groups in total. The summed E-state index contributed by atoms with van der Waals surface area (Å²) in [5.41, 5.74) is 11.7. The molecule has 2 nitrogen and oxygen atoms in total. The average molecular weight is 242 g/mol. The minimum Gasteiger partial charge on any atom is -0.361 e. The normalized spacial score (nSPS) is 18.6. The Bertz CT molecular complexity index is 574. The van der Waals surface area contributed by atoms with Crippen LogP contribution in [-0.4, -0.2) is 11.5 Å². The van der Waals surface area contributed by atoms with Gasteiger partial charge in [0.2, 0.25) is 0 Å². The van der Waals surface area contributed by atoms with E-state index in [2.05, 4.69) is 37.2 Å². The van der Waals surface area contributed by atoms with E-state index >= 15 is 0 Å². The van der Waals surface area contributed by atoms with Crippen molar-refractivity contribution < 1.29 is 0 Å². The molecule has 0 amide bonds. The molecule has 0 atom stereocenters. The van der Waals surface area contributed by atoms with Gasteiger partial charge in [-0.3, -0.25) is 0 Å². The molecular weight excluding hydrogens is 220 g/mol. The van der Waals surface area contributed by atoms with Gasteiger partial charge >= 0.3 is 0 Å². The molecule has 0 spiro atoms. The fraction of sp³-hybridized carbons (Fsp3) is 0.500. The van der Waals surface area contributed by atoms with Crippen molar-refractivity contribution in [3.8, 4) is 0 Å². The summed E-state index contributed by atoms with van der Waals surface area (Å²) in [6, 6.07) is 4.55. The first-order chi connectivity index (χ1) is 8.66. The quantitative estimate of drug-likeness (QED) is 0.830. The lowest BCUT2D eigenvalue weighted by Gasteiger charge is -2.27. The van der Waals surface area contributed by atoms with Crippen LogP contribution in [0.25, 0.3) is 10.9 Å². The van der Waals surface area contributed by atoms with Crippen molar-refractivity contribution in [3.63, 3.8) is 0 Å². The minimum atomic E-state index is 0.221. The number of H-pyrrole nitrogens is 1. The van der Waals surface area contributed by atoms with Crippen molar-refractivity contribution in [1.29, 1.82) is 0 Å². The highest BCUT2D eigenvalue weighted by Gasteiger charge is 2.36. The number of aryl methyl sites for hydroxylation is 2. The number of hydrogen-bond acceptors (Lipinski definition) is 1. The van der Waals surface area contributed by atoms with E-state index < -0.39 is 0 Å². The summed E-state index contributed by atoms with van der Waals surface area (Å²) in [6.07, 6.45) is 7.31. The number of rotatable bonds is 2. The summed E-state index contributed by atoms with van der Waals surface area (Å²) >= 11 is 0. The average Bonchev–Trinajstić information content (AvgIpc) is 2.95. The van der Waals surface area contributed by atoms with Crippen LogP contribution in [0, 0.1) is 13.8 Å². The van der Waals surface area contributed by atoms with Crippen LogP contribution in [0.1, 0.15) is 42.4 Å². The SMILES string of the molecule is Cc1cc(C)c2[nH]cc(C3(CN)CCCC3)c2c1. The summed E-state index contributed by atoms with van der Waals surface area (Å²) in [5.74, 6) is 0. The van der Waals surface area contributed by atoms with Crippen LogP contribution in [0.2, 0.25) is 0 Å². The van der Waals surface area contributed by atoms with Gasteiger partial charge in [0.15, 0.2) is 0 Å². The summed E-state index contributed by atoms with van der Waals surface area (Å²) in [5, 5.41) is 1.39.